The predicted molar refractivity (Wildman–Crippen MR) is 108 cm³/mol. The monoisotopic (exact) mass is 379 g/mol. The number of hydrogen-bond acceptors (Lipinski definition) is 3. The Hall–Kier alpha value is -1.78. The Kier molecular flexibility index (Phi) is 13.2. The molecule has 5 nitrogen and oxygen atoms in total. The summed E-state index contributed by atoms with van der Waals surface area (Å²) in [6.45, 7) is 2.86. The van der Waals surface area contributed by atoms with Crippen LogP contribution in [0.15, 0.2) is 16.5 Å². The highest BCUT2D eigenvalue weighted by atomic mass is 16.4. The van der Waals surface area contributed by atoms with Crippen LogP contribution in [0.2, 0.25) is 0 Å². The number of furan rings is 1. The highest BCUT2D eigenvalue weighted by Gasteiger charge is 2.14. The van der Waals surface area contributed by atoms with Crippen LogP contribution >= 0.6 is 0 Å². The third-order valence-electron chi connectivity index (χ3n) is 4.86. The zero-order valence-corrected chi connectivity index (χ0v) is 16.9. The minimum absolute atomic E-state index is 0.0535. The molecule has 1 rings (SSSR count). The van der Waals surface area contributed by atoms with E-state index in [1.165, 1.54) is 89.2 Å². The van der Waals surface area contributed by atoms with Gasteiger partial charge in [-0.05, 0) is 18.6 Å². The first kappa shape index (κ1) is 23.3. The first-order valence-corrected chi connectivity index (χ1v) is 10.8. The number of aromatic carboxylic acids is 1. The molecule has 0 aliphatic carbocycles. The fourth-order valence-electron chi connectivity index (χ4n) is 3.18. The standard InChI is InChI=1S/C22H37NO4/c1-2-3-4-5-6-7-8-9-10-11-12-13-14-15-18-23-21(24)19-16-17-20(27-19)22(25)26/h16-17H,2-15,18H2,1H3,(H,23,24)(H,25,26). The molecule has 5 heteroatoms. The van der Waals surface area contributed by atoms with E-state index in [0.29, 0.717) is 6.54 Å². The van der Waals surface area contributed by atoms with Gasteiger partial charge in [0, 0.05) is 6.54 Å². The minimum Gasteiger partial charge on any atom is -0.475 e. The average molecular weight is 380 g/mol. The number of carboxylic acid groups (broad SMARTS) is 1. The van der Waals surface area contributed by atoms with Gasteiger partial charge >= 0.3 is 5.97 Å². The van der Waals surface area contributed by atoms with Gasteiger partial charge in [0.2, 0.25) is 5.76 Å². The maximum Gasteiger partial charge on any atom is 0.371 e. The molecule has 0 spiro atoms. The lowest BCUT2D eigenvalue weighted by atomic mass is 10.0. The van der Waals surface area contributed by atoms with E-state index in [1.54, 1.807) is 0 Å². The van der Waals surface area contributed by atoms with Crippen LogP contribution in [-0.2, 0) is 0 Å². The van der Waals surface area contributed by atoms with Gasteiger partial charge in [-0.1, -0.05) is 90.4 Å². The number of hydrogen-bond donors (Lipinski definition) is 2. The molecular weight excluding hydrogens is 342 g/mol. The van der Waals surface area contributed by atoms with Crippen molar-refractivity contribution in [1.82, 2.24) is 5.32 Å². The largest absolute Gasteiger partial charge is 0.475 e. The molecule has 2 N–H and O–H groups in total. The second kappa shape index (κ2) is 15.3. The molecule has 0 aromatic carbocycles. The number of rotatable bonds is 17. The summed E-state index contributed by atoms with van der Waals surface area (Å²) >= 11 is 0. The molecule has 0 unspecified atom stereocenters. The number of unbranched alkanes of at least 4 members (excludes halogenated alkanes) is 13. The van der Waals surface area contributed by atoms with Gasteiger partial charge in [0.05, 0.1) is 0 Å². The van der Waals surface area contributed by atoms with Crippen LogP contribution in [0.1, 0.15) is 118 Å². The SMILES string of the molecule is CCCCCCCCCCCCCCCCNC(=O)c1ccc(C(=O)O)o1. The fraction of sp³-hybridized carbons (Fsp3) is 0.727. The van der Waals surface area contributed by atoms with E-state index in [4.69, 9.17) is 9.52 Å². The lowest BCUT2D eigenvalue weighted by Crippen LogP contribution is -2.23. The molecule has 154 valence electrons. The van der Waals surface area contributed by atoms with Gasteiger partial charge in [-0.15, -0.1) is 0 Å². The van der Waals surface area contributed by atoms with Crippen LogP contribution in [-0.4, -0.2) is 23.5 Å². The van der Waals surface area contributed by atoms with Crippen molar-refractivity contribution in [3.63, 3.8) is 0 Å². The van der Waals surface area contributed by atoms with Crippen molar-refractivity contribution >= 4 is 11.9 Å². The molecule has 1 heterocycles. The van der Waals surface area contributed by atoms with Crippen molar-refractivity contribution in [3.05, 3.63) is 23.7 Å². The van der Waals surface area contributed by atoms with Gasteiger partial charge in [0.1, 0.15) is 0 Å². The summed E-state index contributed by atoms with van der Waals surface area (Å²) in [4.78, 5) is 22.5. The van der Waals surface area contributed by atoms with Gasteiger partial charge in [-0.2, -0.15) is 0 Å². The minimum atomic E-state index is -1.17. The molecule has 0 saturated carbocycles. The quantitative estimate of drug-likeness (QED) is 0.316. The third kappa shape index (κ3) is 11.5. The normalized spacial score (nSPS) is 10.9. The molecule has 0 aliphatic heterocycles. The van der Waals surface area contributed by atoms with E-state index in [-0.39, 0.29) is 17.4 Å². The van der Waals surface area contributed by atoms with Crippen LogP contribution in [0.5, 0.6) is 0 Å². The first-order valence-electron chi connectivity index (χ1n) is 10.8. The molecule has 1 aromatic rings. The van der Waals surface area contributed by atoms with Crippen molar-refractivity contribution in [3.8, 4) is 0 Å². The van der Waals surface area contributed by atoms with Crippen molar-refractivity contribution in [1.29, 1.82) is 0 Å². The van der Waals surface area contributed by atoms with E-state index >= 15 is 0 Å². The van der Waals surface area contributed by atoms with E-state index in [0.717, 1.165) is 12.8 Å². The fourth-order valence-corrected chi connectivity index (χ4v) is 3.18. The molecule has 0 fully saturated rings. The highest BCUT2D eigenvalue weighted by Crippen LogP contribution is 2.13. The van der Waals surface area contributed by atoms with Crippen LogP contribution in [0, 0.1) is 0 Å². The Bertz CT molecular complexity index is 524. The van der Waals surface area contributed by atoms with Gasteiger partial charge in [-0.25, -0.2) is 4.79 Å². The summed E-state index contributed by atoms with van der Waals surface area (Å²) in [5, 5.41) is 11.5. The number of carbonyl (C=O) groups excluding carboxylic acids is 1. The van der Waals surface area contributed by atoms with Gasteiger partial charge < -0.3 is 14.8 Å². The Labute approximate surface area is 163 Å². The summed E-state index contributed by atoms with van der Waals surface area (Å²) in [5.74, 6) is -1.67. The van der Waals surface area contributed by atoms with E-state index in [9.17, 15) is 9.59 Å². The topological polar surface area (TPSA) is 79.5 Å². The Morgan fingerprint density at radius 1 is 0.778 bits per heavy atom. The Balaban J connectivity index is 1.86. The molecule has 0 bridgehead atoms. The lowest BCUT2D eigenvalue weighted by molar-refractivity contribution is 0.0659. The van der Waals surface area contributed by atoms with E-state index < -0.39 is 5.97 Å². The van der Waals surface area contributed by atoms with Crippen LogP contribution in [0.25, 0.3) is 0 Å². The van der Waals surface area contributed by atoms with Gasteiger partial charge in [0.25, 0.3) is 5.91 Å². The maximum absolute atomic E-state index is 11.8. The molecular formula is C22H37NO4. The van der Waals surface area contributed by atoms with Crippen molar-refractivity contribution in [2.45, 2.75) is 96.8 Å². The summed E-state index contributed by atoms with van der Waals surface area (Å²) in [6, 6.07) is 2.69. The van der Waals surface area contributed by atoms with Crippen molar-refractivity contribution < 1.29 is 19.1 Å². The maximum atomic E-state index is 11.8. The second-order valence-electron chi connectivity index (χ2n) is 7.32. The summed E-state index contributed by atoms with van der Waals surface area (Å²) < 4.78 is 4.97. The Morgan fingerprint density at radius 3 is 1.67 bits per heavy atom. The zero-order chi connectivity index (χ0) is 19.7. The summed E-state index contributed by atoms with van der Waals surface area (Å²) in [5.41, 5.74) is 0. The van der Waals surface area contributed by atoms with E-state index in [2.05, 4.69) is 12.2 Å². The first-order chi connectivity index (χ1) is 13.1. The lowest BCUT2D eigenvalue weighted by Gasteiger charge is -2.04. The second-order valence-corrected chi connectivity index (χ2v) is 7.32. The number of carbonyl (C=O) groups is 2. The summed E-state index contributed by atoms with van der Waals surface area (Å²) in [7, 11) is 0. The van der Waals surface area contributed by atoms with Crippen LogP contribution < -0.4 is 5.32 Å². The molecule has 0 atom stereocenters. The molecule has 0 radical (unpaired) electrons. The van der Waals surface area contributed by atoms with E-state index in [1.807, 2.05) is 0 Å². The Morgan fingerprint density at radius 2 is 1.22 bits per heavy atom. The molecule has 0 saturated heterocycles. The number of nitrogens with one attached hydrogen (secondary N) is 1. The van der Waals surface area contributed by atoms with Crippen molar-refractivity contribution in [2.75, 3.05) is 6.54 Å². The van der Waals surface area contributed by atoms with Crippen LogP contribution in [0.4, 0.5) is 0 Å². The number of amides is 1. The highest BCUT2D eigenvalue weighted by molar-refractivity contribution is 5.93. The molecule has 0 aliphatic rings. The third-order valence-corrected chi connectivity index (χ3v) is 4.86. The predicted octanol–water partition coefficient (Wildman–Crippen LogP) is 6.19. The van der Waals surface area contributed by atoms with Crippen molar-refractivity contribution in [2.24, 2.45) is 0 Å². The van der Waals surface area contributed by atoms with Gasteiger partial charge in [0.15, 0.2) is 5.76 Å². The number of carboxylic acids is 1. The van der Waals surface area contributed by atoms with Crippen LogP contribution in [0.3, 0.4) is 0 Å². The summed E-state index contributed by atoms with van der Waals surface area (Å²) in [6.07, 6.45) is 18.2. The smallest absolute Gasteiger partial charge is 0.371 e. The van der Waals surface area contributed by atoms with Gasteiger partial charge in [-0.3, -0.25) is 4.79 Å². The molecule has 1 aromatic heterocycles. The average Bonchev–Trinajstić information content (AvgIpc) is 3.15. The molecule has 27 heavy (non-hydrogen) atoms. The zero-order valence-electron chi connectivity index (χ0n) is 16.9. The molecule has 1 amide bonds.